The fourth-order valence-electron chi connectivity index (χ4n) is 1.51. The highest BCUT2D eigenvalue weighted by Crippen LogP contribution is 2.20. The van der Waals surface area contributed by atoms with Crippen LogP contribution in [-0.2, 0) is 0 Å². The number of alkyl halides is 1. The molecule has 0 aliphatic carbocycles. The SMILES string of the molecule is O=C(NCC(Cl)c1ccccc1)c1ccoc1Cl. The summed E-state index contributed by atoms with van der Waals surface area (Å²) in [6, 6.07) is 11.1. The fraction of sp³-hybridized carbons (Fsp3) is 0.154. The van der Waals surface area contributed by atoms with Crippen LogP contribution in [-0.4, -0.2) is 12.5 Å². The number of nitrogens with one attached hydrogen (secondary N) is 1. The second-order valence-electron chi connectivity index (χ2n) is 3.70. The zero-order valence-electron chi connectivity index (χ0n) is 9.40. The van der Waals surface area contributed by atoms with E-state index in [1.807, 2.05) is 30.3 Å². The molecule has 0 bridgehead atoms. The third-order valence-electron chi connectivity index (χ3n) is 2.47. The molecule has 5 heteroatoms. The molecule has 3 nitrogen and oxygen atoms in total. The molecule has 0 spiro atoms. The molecule has 0 aliphatic rings. The Kier molecular flexibility index (Phi) is 4.28. The second-order valence-corrected chi connectivity index (χ2v) is 4.57. The molecule has 0 saturated heterocycles. The number of rotatable bonds is 4. The molecular formula is C13H11Cl2NO2. The van der Waals surface area contributed by atoms with E-state index < -0.39 is 0 Å². The summed E-state index contributed by atoms with van der Waals surface area (Å²) in [5, 5.41) is 2.51. The standard InChI is InChI=1S/C13H11Cl2NO2/c14-11(9-4-2-1-3-5-9)8-16-13(17)10-6-7-18-12(10)15/h1-7,11H,8H2,(H,16,17). The van der Waals surface area contributed by atoms with Crippen molar-refractivity contribution in [1.29, 1.82) is 0 Å². The molecule has 1 amide bonds. The van der Waals surface area contributed by atoms with Crippen LogP contribution < -0.4 is 5.32 Å². The van der Waals surface area contributed by atoms with Crippen LogP contribution in [0.3, 0.4) is 0 Å². The average Bonchev–Trinajstić information content (AvgIpc) is 2.83. The van der Waals surface area contributed by atoms with Crippen LogP contribution in [0.5, 0.6) is 0 Å². The number of amides is 1. The zero-order valence-corrected chi connectivity index (χ0v) is 10.9. The lowest BCUT2D eigenvalue weighted by molar-refractivity contribution is 0.0953. The van der Waals surface area contributed by atoms with Gasteiger partial charge in [-0.05, 0) is 23.2 Å². The first-order valence-electron chi connectivity index (χ1n) is 5.38. The molecule has 2 rings (SSSR count). The summed E-state index contributed by atoms with van der Waals surface area (Å²) in [4.78, 5) is 11.7. The van der Waals surface area contributed by atoms with Gasteiger partial charge in [0.2, 0.25) is 5.22 Å². The molecule has 0 aliphatic heterocycles. The number of benzene rings is 1. The largest absolute Gasteiger partial charge is 0.452 e. The van der Waals surface area contributed by atoms with Crippen LogP contribution in [0.2, 0.25) is 5.22 Å². The van der Waals surface area contributed by atoms with Gasteiger partial charge in [0, 0.05) is 6.54 Å². The summed E-state index contributed by atoms with van der Waals surface area (Å²) in [7, 11) is 0. The van der Waals surface area contributed by atoms with Crippen LogP contribution >= 0.6 is 23.2 Å². The minimum atomic E-state index is -0.296. The van der Waals surface area contributed by atoms with Crippen LogP contribution in [0.15, 0.2) is 47.1 Å². The second kappa shape index (κ2) is 5.94. The predicted molar refractivity (Wildman–Crippen MR) is 71.1 cm³/mol. The monoisotopic (exact) mass is 283 g/mol. The van der Waals surface area contributed by atoms with Gasteiger partial charge >= 0.3 is 0 Å². The van der Waals surface area contributed by atoms with Gasteiger partial charge in [-0.15, -0.1) is 11.6 Å². The molecule has 1 aromatic carbocycles. The smallest absolute Gasteiger partial charge is 0.256 e. The van der Waals surface area contributed by atoms with Crippen LogP contribution in [0, 0.1) is 0 Å². The van der Waals surface area contributed by atoms with Gasteiger partial charge in [-0.1, -0.05) is 30.3 Å². The Morgan fingerprint density at radius 1 is 1.28 bits per heavy atom. The molecular weight excluding hydrogens is 273 g/mol. The highest BCUT2D eigenvalue weighted by molar-refractivity contribution is 6.32. The lowest BCUT2D eigenvalue weighted by Crippen LogP contribution is -2.26. The fourth-order valence-corrected chi connectivity index (χ4v) is 1.94. The Labute approximate surface area is 115 Å². The third kappa shape index (κ3) is 3.06. The first-order valence-corrected chi connectivity index (χ1v) is 6.20. The lowest BCUT2D eigenvalue weighted by atomic mass is 10.1. The van der Waals surface area contributed by atoms with Crippen molar-refractivity contribution in [3.63, 3.8) is 0 Å². The van der Waals surface area contributed by atoms with Crippen molar-refractivity contribution in [3.8, 4) is 0 Å². The van der Waals surface area contributed by atoms with E-state index in [1.54, 1.807) is 0 Å². The average molecular weight is 284 g/mol. The number of carbonyl (C=O) groups is 1. The molecule has 1 unspecified atom stereocenters. The molecule has 2 aromatic rings. The van der Waals surface area contributed by atoms with Crippen molar-refractivity contribution in [2.24, 2.45) is 0 Å². The summed E-state index contributed by atoms with van der Waals surface area (Å²) < 4.78 is 4.85. The molecule has 0 saturated carbocycles. The van der Waals surface area contributed by atoms with Gasteiger partial charge < -0.3 is 9.73 Å². The van der Waals surface area contributed by atoms with Gasteiger partial charge in [-0.25, -0.2) is 0 Å². The maximum Gasteiger partial charge on any atom is 0.256 e. The Morgan fingerprint density at radius 2 is 2.00 bits per heavy atom. The van der Waals surface area contributed by atoms with Crippen molar-refractivity contribution < 1.29 is 9.21 Å². The summed E-state index contributed by atoms with van der Waals surface area (Å²) in [5.74, 6) is -0.296. The van der Waals surface area contributed by atoms with Gasteiger partial charge in [0.15, 0.2) is 0 Å². The molecule has 1 heterocycles. The third-order valence-corrected chi connectivity index (χ3v) is 3.16. The van der Waals surface area contributed by atoms with Crippen LogP contribution in [0.1, 0.15) is 21.3 Å². The lowest BCUT2D eigenvalue weighted by Gasteiger charge is -2.10. The number of hydrogen-bond donors (Lipinski definition) is 1. The Balaban J connectivity index is 1.93. The van der Waals surface area contributed by atoms with E-state index >= 15 is 0 Å². The molecule has 1 N–H and O–H groups in total. The van der Waals surface area contributed by atoms with Crippen molar-refractivity contribution >= 4 is 29.1 Å². The first kappa shape index (κ1) is 13.0. The van der Waals surface area contributed by atoms with Crippen molar-refractivity contribution in [3.05, 3.63) is 59.0 Å². The van der Waals surface area contributed by atoms with E-state index in [1.165, 1.54) is 12.3 Å². The van der Waals surface area contributed by atoms with E-state index in [0.29, 0.717) is 12.1 Å². The number of carbonyl (C=O) groups excluding carboxylic acids is 1. The number of hydrogen-bond acceptors (Lipinski definition) is 2. The van der Waals surface area contributed by atoms with Crippen molar-refractivity contribution in [1.82, 2.24) is 5.32 Å². The molecule has 1 aromatic heterocycles. The summed E-state index contributed by atoms with van der Waals surface area (Å²) >= 11 is 11.9. The predicted octanol–water partition coefficient (Wildman–Crippen LogP) is 3.64. The molecule has 0 radical (unpaired) electrons. The summed E-state index contributed by atoms with van der Waals surface area (Å²) in [6.07, 6.45) is 1.37. The van der Waals surface area contributed by atoms with E-state index in [2.05, 4.69) is 5.32 Å². The van der Waals surface area contributed by atoms with Crippen LogP contribution in [0.25, 0.3) is 0 Å². The topological polar surface area (TPSA) is 42.2 Å². The van der Waals surface area contributed by atoms with E-state index in [4.69, 9.17) is 27.6 Å². The quantitative estimate of drug-likeness (QED) is 0.871. The highest BCUT2D eigenvalue weighted by atomic mass is 35.5. The van der Waals surface area contributed by atoms with Gasteiger partial charge in [0.05, 0.1) is 17.2 Å². The van der Waals surface area contributed by atoms with E-state index in [0.717, 1.165) is 5.56 Å². The van der Waals surface area contributed by atoms with E-state index in [-0.39, 0.29) is 16.5 Å². The molecule has 18 heavy (non-hydrogen) atoms. The minimum absolute atomic E-state index is 0.0818. The maximum absolute atomic E-state index is 11.7. The van der Waals surface area contributed by atoms with Crippen molar-refractivity contribution in [2.75, 3.05) is 6.54 Å². The van der Waals surface area contributed by atoms with Crippen molar-refractivity contribution in [2.45, 2.75) is 5.38 Å². The molecule has 94 valence electrons. The van der Waals surface area contributed by atoms with Crippen LogP contribution in [0.4, 0.5) is 0 Å². The number of furan rings is 1. The van der Waals surface area contributed by atoms with Gasteiger partial charge in [0.25, 0.3) is 5.91 Å². The van der Waals surface area contributed by atoms with Gasteiger partial charge in [-0.3, -0.25) is 4.79 Å². The molecule has 1 atom stereocenters. The minimum Gasteiger partial charge on any atom is -0.452 e. The summed E-state index contributed by atoms with van der Waals surface area (Å²) in [5.41, 5.74) is 1.27. The van der Waals surface area contributed by atoms with Gasteiger partial charge in [-0.2, -0.15) is 0 Å². The zero-order chi connectivity index (χ0) is 13.0. The van der Waals surface area contributed by atoms with E-state index in [9.17, 15) is 4.79 Å². The Bertz CT molecular complexity index is 525. The summed E-state index contributed by atoms with van der Waals surface area (Å²) in [6.45, 7) is 0.325. The Hall–Kier alpha value is -1.45. The van der Waals surface area contributed by atoms with Gasteiger partial charge in [0.1, 0.15) is 0 Å². The first-order chi connectivity index (χ1) is 8.68. The normalized spacial score (nSPS) is 12.1. The maximum atomic E-state index is 11.7. The Morgan fingerprint density at radius 3 is 2.61 bits per heavy atom. The molecule has 0 fully saturated rings. The highest BCUT2D eigenvalue weighted by Gasteiger charge is 2.14. The number of halogens is 2.